The van der Waals surface area contributed by atoms with E-state index in [4.69, 9.17) is 9.47 Å². The van der Waals surface area contributed by atoms with Gasteiger partial charge in [0, 0.05) is 5.69 Å². The molecule has 0 aliphatic heterocycles. The van der Waals surface area contributed by atoms with E-state index < -0.39 is 11.7 Å². The molecule has 0 radical (unpaired) electrons. The number of halogens is 1. The molecule has 5 nitrogen and oxygen atoms in total. The highest BCUT2D eigenvalue weighted by Gasteiger charge is 2.11. The van der Waals surface area contributed by atoms with Crippen LogP contribution >= 0.6 is 0 Å². The van der Waals surface area contributed by atoms with Gasteiger partial charge in [-0.15, -0.1) is 0 Å². The molecule has 0 heterocycles. The van der Waals surface area contributed by atoms with Gasteiger partial charge in [-0.05, 0) is 55.0 Å². The summed E-state index contributed by atoms with van der Waals surface area (Å²) in [5, 5.41) is 11.8. The molecule has 2 aromatic rings. The van der Waals surface area contributed by atoms with Crippen molar-refractivity contribution in [2.45, 2.75) is 6.92 Å². The number of nitrogens with zero attached hydrogens (tertiary/aromatic N) is 1. The summed E-state index contributed by atoms with van der Waals surface area (Å²) in [4.78, 5) is 12.2. The highest BCUT2D eigenvalue weighted by Crippen LogP contribution is 2.20. The van der Waals surface area contributed by atoms with E-state index in [-0.39, 0.29) is 11.3 Å². The fourth-order valence-corrected chi connectivity index (χ4v) is 2.09. The Labute approximate surface area is 145 Å². The lowest BCUT2D eigenvalue weighted by Gasteiger charge is -2.07. The van der Waals surface area contributed by atoms with E-state index in [1.807, 2.05) is 13.0 Å². The highest BCUT2D eigenvalue weighted by molar-refractivity contribution is 6.09. The van der Waals surface area contributed by atoms with Crippen LogP contribution in [0, 0.1) is 17.1 Å². The normalized spacial score (nSPS) is 10.7. The lowest BCUT2D eigenvalue weighted by molar-refractivity contribution is -0.112. The second-order valence-electron chi connectivity index (χ2n) is 4.98. The van der Waals surface area contributed by atoms with Crippen LogP contribution in [-0.4, -0.2) is 19.6 Å². The molecule has 0 fully saturated rings. The Morgan fingerprint density at radius 2 is 2.00 bits per heavy atom. The van der Waals surface area contributed by atoms with E-state index in [2.05, 4.69) is 5.32 Å². The number of rotatable bonds is 6. The molecule has 1 amide bonds. The Morgan fingerprint density at radius 1 is 1.28 bits per heavy atom. The van der Waals surface area contributed by atoms with Crippen LogP contribution in [0.25, 0.3) is 6.08 Å². The molecule has 2 rings (SSSR count). The molecule has 0 spiro atoms. The Bertz CT molecular complexity index is 824. The van der Waals surface area contributed by atoms with Crippen molar-refractivity contribution < 1.29 is 18.7 Å². The maximum Gasteiger partial charge on any atom is 0.266 e. The molecular weight excluding hydrogens is 323 g/mol. The Hall–Kier alpha value is -3.33. The number of anilines is 1. The summed E-state index contributed by atoms with van der Waals surface area (Å²) in [5.41, 5.74) is 0.769. The molecule has 0 saturated carbocycles. The minimum absolute atomic E-state index is 0.0921. The molecule has 0 aliphatic carbocycles. The molecule has 0 bridgehead atoms. The smallest absolute Gasteiger partial charge is 0.266 e. The first kappa shape index (κ1) is 18.0. The number of hydrogen-bond acceptors (Lipinski definition) is 4. The fourth-order valence-electron chi connectivity index (χ4n) is 2.09. The van der Waals surface area contributed by atoms with Gasteiger partial charge in [0.2, 0.25) is 0 Å². The van der Waals surface area contributed by atoms with Crippen molar-refractivity contribution in [3.63, 3.8) is 0 Å². The first-order valence-electron chi connectivity index (χ1n) is 7.57. The highest BCUT2D eigenvalue weighted by atomic mass is 19.1. The van der Waals surface area contributed by atoms with Crippen molar-refractivity contribution in [1.82, 2.24) is 0 Å². The number of ether oxygens (including phenoxy) is 2. The molecular formula is C19H17FN2O3. The summed E-state index contributed by atoms with van der Waals surface area (Å²) in [6, 6.07) is 12.8. The Balaban J connectivity index is 2.15. The van der Waals surface area contributed by atoms with E-state index in [1.54, 1.807) is 30.3 Å². The predicted molar refractivity (Wildman–Crippen MR) is 92.8 cm³/mol. The Kier molecular flexibility index (Phi) is 6.13. The minimum atomic E-state index is -0.581. The van der Waals surface area contributed by atoms with Crippen molar-refractivity contribution in [3.05, 3.63) is 59.4 Å². The van der Waals surface area contributed by atoms with Crippen LogP contribution < -0.4 is 14.8 Å². The summed E-state index contributed by atoms with van der Waals surface area (Å²) in [6.45, 7) is 2.42. The third-order valence-corrected chi connectivity index (χ3v) is 3.28. The van der Waals surface area contributed by atoms with Gasteiger partial charge >= 0.3 is 0 Å². The van der Waals surface area contributed by atoms with Crippen LogP contribution in [0.4, 0.5) is 10.1 Å². The molecule has 0 aromatic heterocycles. The number of hydrogen-bond donors (Lipinski definition) is 1. The predicted octanol–water partition coefficient (Wildman–Crippen LogP) is 3.78. The number of carbonyl (C=O) groups excluding carboxylic acids is 1. The zero-order valence-corrected chi connectivity index (χ0v) is 13.9. The average Bonchev–Trinajstić information content (AvgIpc) is 2.61. The molecule has 0 aliphatic rings. The molecule has 0 atom stereocenters. The van der Waals surface area contributed by atoms with Crippen molar-refractivity contribution in [1.29, 1.82) is 5.26 Å². The van der Waals surface area contributed by atoms with Gasteiger partial charge in [0.05, 0.1) is 13.7 Å². The summed E-state index contributed by atoms with van der Waals surface area (Å²) >= 11 is 0. The van der Waals surface area contributed by atoms with Gasteiger partial charge < -0.3 is 14.8 Å². The number of nitriles is 1. The standard InChI is InChI=1S/C19H17FN2O3/c1-3-25-16-7-5-15(6-8-16)22-19(23)14(12-21)10-13-4-9-18(24-2)17(20)11-13/h4-11H,3H2,1-2H3,(H,22,23)/b14-10+. The molecule has 6 heteroatoms. The van der Waals surface area contributed by atoms with Gasteiger partial charge in [-0.25, -0.2) is 4.39 Å². The molecule has 25 heavy (non-hydrogen) atoms. The van der Waals surface area contributed by atoms with Crippen LogP contribution in [0.15, 0.2) is 48.0 Å². The van der Waals surface area contributed by atoms with E-state index in [1.165, 1.54) is 25.3 Å². The van der Waals surface area contributed by atoms with Gasteiger partial charge in [0.1, 0.15) is 17.4 Å². The summed E-state index contributed by atoms with van der Waals surface area (Å²) in [6.07, 6.45) is 1.31. The number of carbonyl (C=O) groups is 1. The largest absolute Gasteiger partial charge is 0.494 e. The summed E-state index contributed by atoms with van der Waals surface area (Å²) < 4.78 is 23.9. The SMILES string of the molecule is CCOc1ccc(NC(=O)/C(C#N)=C/c2ccc(OC)c(F)c2)cc1. The summed E-state index contributed by atoms with van der Waals surface area (Å²) in [5.74, 6) is -0.372. The maximum absolute atomic E-state index is 13.7. The second-order valence-corrected chi connectivity index (χ2v) is 4.98. The van der Waals surface area contributed by atoms with E-state index in [0.29, 0.717) is 23.6 Å². The first-order chi connectivity index (χ1) is 12.1. The van der Waals surface area contributed by atoms with E-state index in [9.17, 15) is 14.4 Å². The minimum Gasteiger partial charge on any atom is -0.494 e. The molecule has 0 saturated heterocycles. The third kappa shape index (κ3) is 4.82. The summed E-state index contributed by atoms with van der Waals surface area (Å²) in [7, 11) is 1.36. The van der Waals surface area contributed by atoms with Gasteiger partial charge in [-0.3, -0.25) is 4.79 Å². The van der Waals surface area contributed by atoms with Crippen molar-refractivity contribution in [2.24, 2.45) is 0 Å². The van der Waals surface area contributed by atoms with Crippen molar-refractivity contribution in [2.75, 3.05) is 19.0 Å². The lowest BCUT2D eigenvalue weighted by atomic mass is 10.1. The molecule has 128 valence electrons. The second kappa shape index (κ2) is 8.50. The number of amides is 1. The first-order valence-corrected chi connectivity index (χ1v) is 7.57. The molecule has 0 unspecified atom stereocenters. The van der Waals surface area contributed by atoms with E-state index in [0.717, 1.165) is 0 Å². The van der Waals surface area contributed by atoms with Crippen LogP contribution in [0.3, 0.4) is 0 Å². The number of benzene rings is 2. The lowest BCUT2D eigenvalue weighted by Crippen LogP contribution is -2.13. The molecule has 2 aromatic carbocycles. The Morgan fingerprint density at radius 3 is 2.56 bits per heavy atom. The van der Waals surface area contributed by atoms with Crippen molar-refractivity contribution >= 4 is 17.7 Å². The molecule has 1 N–H and O–H groups in total. The van der Waals surface area contributed by atoms with Gasteiger partial charge in [-0.1, -0.05) is 6.07 Å². The third-order valence-electron chi connectivity index (χ3n) is 3.28. The quantitative estimate of drug-likeness (QED) is 0.642. The van der Waals surface area contributed by atoms with Crippen LogP contribution in [0.5, 0.6) is 11.5 Å². The van der Waals surface area contributed by atoms with Gasteiger partial charge in [0.15, 0.2) is 11.6 Å². The zero-order chi connectivity index (χ0) is 18.2. The average molecular weight is 340 g/mol. The number of nitrogens with one attached hydrogen (secondary N) is 1. The van der Waals surface area contributed by atoms with Crippen LogP contribution in [0.1, 0.15) is 12.5 Å². The van der Waals surface area contributed by atoms with E-state index >= 15 is 0 Å². The monoisotopic (exact) mass is 340 g/mol. The van der Waals surface area contributed by atoms with Gasteiger partial charge in [-0.2, -0.15) is 5.26 Å². The zero-order valence-electron chi connectivity index (χ0n) is 13.9. The fraction of sp³-hybridized carbons (Fsp3) is 0.158. The van der Waals surface area contributed by atoms with Crippen molar-refractivity contribution in [3.8, 4) is 17.6 Å². The van der Waals surface area contributed by atoms with Crippen LogP contribution in [0.2, 0.25) is 0 Å². The van der Waals surface area contributed by atoms with Gasteiger partial charge in [0.25, 0.3) is 5.91 Å². The topological polar surface area (TPSA) is 71.3 Å². The maximum atomic E-state index is 13.7. The van der Waals surface area contributed by atoms with Crippen LogP contribution in [-0.2, 0) is 4.79 Å². The number of methoxy groups -OCH3 is 1.